The third-order valence-electron chi connectivity index (χ3n) is 4.16. The molecule has 9 heteroatoms. The lowest BCUT2D eigenvalue weighted by molar-refractivity contribution is 0.203. The quantitative estimate of drug-likeness (QED) is 0.916. The van der Waals surface area contributed by atoms with Crippen molar-refractivity contribution in [1.29, 1.82) is 0 Å². The van der Waals surface area contributed by atoms with E-state index in [1.54, 1.807) is 15.9 Å². The predicted molar refractivity (Wildman–Crippen MR) is 91.1 cm³/mol. The molecule has 0 saturated carbocycles. The summed E-state index contributed by atoms with van der Waals surface area (Å²) in [6.07, 6.45) is 3.33. The van der Waals surface area contributed by atoms with E-state index in [0.29, 0.717) is 24.2 Å². The molecular formula is C16H25N7O2. The molecule has 1 saturated heterocycles. The van der Waals surface area contributed by atoms with Gasteiger partial charge in [0.2, 0.25) is 11.8 Å². The van der Waals surface area contributed by atoms with Gasteiger partial charge in [0.15, 0.2) is 5.82 Å². The Morgan fingerprint density at radius 3 is 2.76 bits per heavy atom. The second-order valence-electron chi connectivity index (χ2n) is 7.61. The van der Waals surface area contributed by atoms with Gasteiger partial charge in [-0.1, -0.05) is 19.0 Å². The maximum Gasteiger partial charge on any atom is 0.324 e. The topological polar surface area (TPSA) is 102 Å². The third-order valence-corrected chi connectivity index (χ3v) is 4.16. The second kappa shape index (κ2) is 6.45. The van der Waals surface area contributed by atoms with Gasteiger partial charge in [-0.15, -0.1) is 5.10 Å². The number of likely N-dealkylation sites (tertiary alicyclic amines) is 1. The largest absolute Gasteiger partial charge is 0.339 e. The molecule has 25 heavy (non-hydrogen) atoms. The van der Waals surface area contributed by atoms with Crippen LogP contribution in [0.1, 0.15) is 71.1 Å². The highest BCUT2D eigenvalue weighted by atomic mass is 16.5. The Morgan fingerprint density at radius 1 is 1.40 bits per heavy atom. The van der Waals surface area contributed by atoms with Crippen LogP contribution in [0.25, 0.3) is 0 Å². The normalized spacial score (nSPS) is 18.2. The molecule has 0 aromatic carbocycles. The van der Waals surface area contributed by atoms with Gasteiger partial charge in [0.05, 0.1) is 11.6 Å². The molecular weight excluding hydrogens is 322 g/mol. The maximum absolute atomic E-state index is 12.6. The molecule has 2 amide bonds. The summed E-state index contributed by atoms with van der Waals surface area (Å²) in [5.74, 6) is 1.61. The highest BCUT2D eigenvalue weighted by molar-refractivity contribution is 5.87. The highest BCUT2D eigenvalue weighted by Crippen LogP contribution is 2.31. The van der Waals surface area contributed by atoms with Crippen LogP contribution in [0.2, 0.25) is 0 Å². The molecule has 1 fully saturated rings. The summed E-state index contributed by atoms with van der Waals surface area (Å²) >= 11 is 0. The minimum Gasteiger partial charge on any atom is -0.339 e. The molecule has 1 unspecified atom stereocenters. The van der Waals surface area contributed by atoms with Gasteiger partial charge in [-0.05, 0) is 33.6 Å². The van der Waals surface area contributed by atoms with E-state index in [1.165, 1.54) is 0 Å². The van der Waals surface area contributed by atoms with E-state index in [9.17, 15) is 4.79 Å². The van der Waals surface area contributed by atoms with Gasteiger partial charge >= 0.3 is 6.03 Å². The first-order valence-corrected chi connectivity index (χ1v) is 8.59. The first kappa shape index (κ1) is 17.4. The van der Waals surface area contributed by atoms with E-state index in [4.69, 9.17) is 4.52 Å². The van der Waals surface area contributed by atoms with Crippen LogP contribution in [0.3, 0.4) is 0 Å². The summed E-state index contributed by atoms with van der Waals surface area (Å²) < 4.78 is 7.00. The molecule has 136 valence electrons. The Morgan fingerprint density at radius 2 is 2.16 bits per heavy atom. The lowest BCUT2D eigenvalue weighted by atomic mass is 10.1. The van der Waals surface area contributed by atoms with Crippen LogP contribution in [0.15, 0.2) is 10.9 Å². The highest BCUT2D eigenvalue weighted by Gasteiger charge is 2.34. The fraction of sp³-hybridized carbons (Fsp3) is 0.688. The molecule has 2 aromatic heterocycles. The van der Waals surface area contributed by atoms with Crippen LogP contribution < -0.4 is 5.32 Å². The van der Waals surface area contributed by atoms with E-state index < -0.39 is 0 Å². The summed E-state index contributed by atoms with van der Waals surface area (Å²) in [6.45, 7) is 10.7. The van der Waals surface area contributed by atoms with E-state index in [0.717, 1.165) is 12.8 Å². The molecule has 1 aliphatic rings. The van der Waals surface area contributed by atoms with Crippen molar-refractivity contribution >= 4 is 12.0 Å². The monoisotopic (exact) mass is 347 g/mol. The SMILES string of the molecule is CC(C)c1nc(C2CCCN2C(=O)Nc2ncn(C(C)(C)C)n2)no1. The minimum absolute atomic E-state index is 0.162. The van der Waals surface area contributed by atoms with Crippen molar-refractivity contribution in [3.8, 4) is 0 Å². The summed E-state index contributed by atoms with van der Waals surface area (Å²) in [6, 6.07) is -0.425. The average Bonchev–Trinajstić information content (AvgIpc) is 3.25. The van der Waals surface area contributed by atoms with Gasteiger partial charge < -0.3 is 9.42 Å². The molecule has 3 heterocycles. The molecule has 3 rings (SSSR count). The minimum atomic E-state index is -0.245. The van der Waals surface area contributed by atoms with Crippen LogP contribution in [-0.4, -0.2) is 42.4 Å². The van der Waals surface area contributed by atoms with Crippen LogP contribution >= 0.6 is 0 Å². The number of carbonyl (C=O) groups excluding carboxylic acids is 1. The zero-order chi connectivity index (χ0) is 18.2. The summed E-state index contributed by atoms with van der Waals surface area (Å²) in [4.78, 5) is 22.9. The van der Waals surface area contributed by atoms with Crippen LogP contribution in [0.4, 0.5) is 10.7 Å². The number of urea groups is 1. The molecule has 9 nitrogen and oxygen atoms in total. The van der Waals surface area contributed by atoms with E-state index >= 15 is 0 Å². The number of hydrogen-bond donors (Lipinski definition) is 1. The average molecular weight is 347 g/mol. The third kappa shape index (κ3) is 3.64. The van der Waals surface area contributed by atoms with Crippen molar-refractivity contribution in [3.05, 3.63) is 18.0 Å². The maximum atomic E-state index is 12.6. The number of hydrogen-bond acceptors (Lipinski definition) is 6. The Kier molecular flexibility index (Phi) is 4.49. The summed E-state index contributed by atoms with van der Waals surface area (Å²) in [5.41, 5.74) is -0.190. The smallest absolute Gasteiger partial charge is 0.324 e. The Hall–Kier alpha value is -2.45. The van der Waals surface area contributed by atoms with Crippen molar-refractivity contribution in [3.63, 3.8) is 0 Å². The molecule has 1 N–H and O–H groups in total. The molecule has 0 bridgehead atoms. The molecule has 2 aromatic rings. The summed E-state index contributed by atoms with van der Waals surface area (Å²) in [5, 5.41) is 11.1. The van der Waals surface area contributed by atoms with E-state index in [2.05, 4.69) is 25.5 Å². The number of nitrogens with one attached hydrogen (secondary N) is 1. The van der Waals surface area contributed by atoms with Crippen molar-refractivity contribution < 1.29 is 9.32 Å². The van der Waals surface area contributed by atoms with Crippen molar-refractivity contribution in [2.24, 2.45) is 0 Å². The van der Waals surface area contributed by atoms with Crippen LogP contribution in [-0.2, 0) is 5.54 Å². The Labute approximate surface area is 146 Å². The Bertz CT molecular complexity index is 744. The van der Waals surface area contributed by atoms with Gasteiger partial charge in [-0.25, -0.2) is 14.5 Å². The van der Waals surface area contributed by atoms with Crippen molar-refractivity contribution in [2.45, 2.75) is 65.0 Å². The van der Waals surface area contributed by atoms with Gasteiger partial charge in [0.25, 0.3) is 0 Å². The molecule has 0 radical (unpaired) electrons. The number of aromatic nitrogens is 5. The summed E-state index contributed by atoms with van der Waals surface area (Å²) in [7, 11) is 0. The molecule has 0 spiro atoms. The number of anilines is 1. The van der Waals surface area contributed by atoms with Gasteiger partial charge in [-0.2, -0.15) is 4.98 Å². The Balaban J connectivity index is 1.71. The van der Waals surface area contributed by atoms with Gasteiger partial charge in [0, 0.05) is 12.5 Å². The van der Waals surface area contributed by atoms with Crippen LogP contribution in [0.5, 0.6) is 0 Å². The predicted octanol–water partition coefficient (Wildman–Crippen LogP) is 2.91. The number of carbonyl (C=O) groups is 1. The fourth-order valence-corrected chi connectivity index (χ4v) is 2.71. The zero-order valence-corrected chi connectivity index (χ0v) is 15.4. The zero-order valence-electron chi connectivity index (χ0n) is 15.4. The number of nitrogens with zero attached hydrogens (tertiary/aromatic N) is 6. The first-order chi connectivity index (χ1) is 11.8. The van der Waals surface area contributed by atoms with Crippen molar-refractivity contribution in [2.75, 3.05) is 11.9 Å². The molecule has 0 aliphatic carbocycles. The standard InChI is InChI=1S/C16H25N7O2/c1-10(2)13-18-12(21-25-13)11-7-6-8-22(11)15(24)19-14-17-9-23(20-14)16(3,4)5/h9-11H,6-8H2,1-5H3,(H,19,20,24). The number of amides is 2. The second-order valence-corrected chi connectivity index (χ2v) is 7.61. The van der Waals surface area contributed by atoms with Gasteiger partial charge in [-0.3, -0.25) is 5.32 Å². The fourth-order valence-electron chi connectivity index (χ4n) is 2.71. The number of rotatable bonds is 3. The molecule has 1 aliphatic heterocycles. The lowest BCUT2D eigenvalue weighted by Crippen LogP contribution is -2.35. The van der Waals surface area contributed by atoms with Gasteiger partial charge in [0.1, 0.15) is 6.33 Å². The van der Waals surface area contributed by atoms with E-state index in [1.807, 2.05) is 34.6 Å². The van der Waals surface area contributed by atoms with Crippen LogP contribution in [0, 0.1) is 0 Å². The molecule has 1 atom stereocenters. The first-order valence-electron chi connectivity index (χ1n) is 8.59. The van der Waals surface area contributed by atoms with Crippen molar-refractivity contribution in [1.82, 2.24) is 29.8 Å². The van der Waals surface area contributed by atoms with E-state index in [-0.39, 0.29) is 23.5 Å². The lowest BCUT2D eigenvalue weighted by Gasteiger charge is -2.21.